The summed E-state index contributed by atoms with van der Waals surface area (Å²) in [7, 11) is 0. The summed E-state index contributed by atoms with van der Waals surface area (Å²) in [4.78, 5) is 18.9. The number of benzene rings is 1. The number of aromatic amines is 1. The number of imidazole rings is 1. The van der Waals surface area contributed by atoms with E-state index in [-0.39, 0.29) is 17.5 Å². The van der Waals surface area contributed by atoms with Crippen molar-refractivity contribution in [3.05, 3.63) is 47.8 Å². The molecule has 0 fully saturated rings. The van der Waals surface area contributed by atoms with Crippen LogP contribution in [0.1, 0.15) is 16.3 Å². The van der Waals surface area contributed by atoms with Crippen molar-refractivity contribution in [3.63, 3.8) is 0 Å². The van der Waals surface area contributed by atoms with Crippen LogP contribution >= 0.6 is 0 Å². The number of carbonyl (C=O) groups is 1. The average molecular weight is 287 g/mol. The Bertz CT molecular complexity index is 792. The van der Waals surface area contributed by atoms with Gasteiger partial charge in [0.05, 0.1) is 23.3 Å². The number of nitrogens with zero attached hydrogens (tertiary/aromatic N) is 3. The maximum absolute atomic E-state index is 13.1. The van der Waals surface area contributed by atoms with Gasteiger partial charge in [0.1, 0.15) is 5.82 Å². The van der Waals surface area contributed by atoms with Gasteiger partial charge in [-0.1, -0.05) is 0 Å². The summed E-state index contributed by atoms with van der Waals surface area (Å²) in [5, 5.41) is 6.97. The van der Waals surface area contributed by atoms with E-state index in [2.05, 4.69) is 20.4 Å². The van der Waals surface area contributed by atoms with Crippen LogP contribution < -0.4 is 5.32 Å². The zero-order valence-corrected chi connectivity index (χ0v) is 11.4. The molecule has 3 rings (SSSR count). The molecule has 3 aromatic rings. The molecule has 0 bridgehead atoms. The SMILES string of the molecule is Cc1ccn(CCNC(=O)c2nc3ccc(F)cc3[nH]2)n1. The fourth-order valence-electron chi connectivity index (χ4n) is 2.04. The quantitative estimate of drug-likeness (QED) is 0.766. The molecule has 0 aliphatic rings. The number of rotatable bonds is 4. The Morgan fingerprint density at radius 2 is 2.29 bits per heavy atom. The minimum Gasteiger partial charge on any atom is -0.348 e. The van der Waals surface area contributed by atoms with Crippen LogP contribution in [-0.4, -0.2) is 32.2 Å². The predicted octanol–water partition coefficient (Wildman–Crippen LogP) is 1.64. The topological polar surface area (TPSA) is 75.6 Å². The maximum atomic E-state index is 13.1. The van der Waals surface area contributed by atoms with Crippen molar-refractivity contribution < 1.29 is 9.18 Å². The number of aryl methyl sites for hydroxylation is 1. The Labute approximate surface area is 120 Å². The molecule has 2 N–H and O–H groups in total. The van der Waals surface area contributed by atoms with Gasteiger partial charge in [0.2, 0.25) is 0 Å². The van der Waals surface area contributed by atoms with Crippen molar-refractivity contribution in [2.75, 3.05) is 6.54 Å². The molecular weight excluding hydrogens is 273 g/mol. The van der Waals surface area contributed by atoms with Crippen LogP contribution in [0, 0.1) is 12.7 Å². The lowest BCUT2D eigenvalue weighted by molar-refractivity contribution is 0.0943. The zero-order chi connectivity index (χ0) is 14.8. The Morgan fingerprint density at radius 3 is 3.05 bits per heavy atom. The van der Waals surface area contributed by atoms with E-state index >= 15 is 0 Å². The van der Waals surface area contributed by atoms with Crippen LogP contribution in [0.15, 0.2) is 30.5 Å². The molecule has 0 saturated heterocycles. The van der Waals surface area contributed by atoms with Crippen LogP contribution in [0.4, 0.5) is 4.39 Å². The molecule has 2 heterocycles. The maximum Gasteiger partial charge on any atom is 0.287 e. The van der Waals surface area contributed by atoms with Gasteiger partial charge in [-0.3, -0.25) is 9.48 Å². The highest BCUT2D eigenvalue weighted by atomic mass is 19.1. The van der Waals surface area contributed by atoms with E-state index in [1.807, 2.05) is 19.2 Å². The monoisotopic (exact) mass is 287 g/mol. The normalized spacial score (nSPS) is 11.0. The molecule has 1 aromatic carbocycles. The van der Waals surface area contributed by atoms with Gasteiger partial charge < -0.3 is 10.3 Å². The second kappa shape index (κ2) is 5.35. The number of nitrogens with one attached hydrogen (secondary N) is 2. The summed E-state index contributed by atoms with van der Waals surface area (Å²) in [5.74, 6) is -0.519. The number of hydrogen-bond donors (Lipinski definition) is 2. The largest absolute Gasteiger partial charge is 0.348 e. The minimum absolute atomic E-state index is 0.173. The van der Waals surface area contributed by atoms with Crippen LogP contribution in [0.25, 0.3) is 11.0 Å². The van der Waals surface area contributed by atoms with Crippen LogP contribution in [0.5, 0.6) is 0 Å². The molecule has 0 radical (unpaired) electrons. The van der Waals surface area contributed by atoms with Crippen LogP contribution in [0.3, 0.4) is 0 Å². The first-order chi connectivity index (χ1) is 10.1. The first-order valence-corrected chi connectivity index (χ1v) is 6.55. The van der Waals surface area contributed by atoms with Gasteiger partial charge >= 0.3 is 0 Å². The van der Waals surface area contributed by atoms with E-state index in [1.54, 1.807) is 4.68 Å². The summed E-state index contributed by atoms with van der Waals surface area (Å²) in [6.07, 6.45) is 1.85. The highest BCUT2D eigenvalue weighted by Gasteiger charge is 2.11. The smallest absolute Gasteiger partial charge is 0.287 e. The Hall–Kier alpha value is -2.70. The average Bonchev–Trinajstić information content (AvgIpc) is 3.04. The third-order valence-electron chi connectivity index (χ3n) is 3.06. The molecule has 0 atom stereocenters. The summed E-state index contributed by atoms with van der Waals surface area (Å²) in [5.41, 5.74) is 1.99. The highest BCUT2D eigenvalue weighted by Crippen LogP contribution is 2.12. The third kappa shape index (κ3) is 2.91. The summed E-state index contributed by atoms with van der Waals surface area (Å²) in [6.45, 7) is 2.92. The van der Waals surface area contributed by atoms with Crippen molar-refractivity contribution in [1.29, 1.82) is 0 Å². The molecule has 21 heavy (non-hydrogen) atoms. The molecular formula is C14H14FN5O. The molecule has 7 heteroatoms. The first kappa shape index (κ1) is 13.3. The Balaban J connectivity index is 1.63. The lowest BCUT2D eigenvalue weighted by atomic mass is 10.3. The predicted molar refractivity (Wildman–Crippen MR) is 75.3 cm³/mol. The van der Waals surface area contributed by atoms with Gasteiger partial charge in [0.25, 0.3) is 5.91 Å². The second-order valence-electron chi connectivity index (χ2n) is 4.72. The fourth-order valence-corrected chi connectivity index (χ4v) is 2.04. The van der Waals surface area contributed by atoms with E-state index in [1.165, 1.54) is 18.2 Å². The molecule has 6 nitrogen and oxygen atoms in total. The molecule has 0 saturated carbocycles. The molecule has 0 aliphatic heterocycles. The van der Waals surface area contributed by atoms with Crippen molar-refractivity contribution in [2.45, 2.75) is 13.5 Å². The van der Waals surface area contributed by atoms with Gasteiger partial charge in [-0.2, -0.15) is 5.10 Å². The fraction of sp³-hybridized carbons (Fsp3) is 0.214. The van der Waals surface area contributed by atoms with Gasteiger partial charge in [0.15, 0.2) is 5.82 Å². The third-order valence-corrected chi connectivity index (χ3v) is 3.06. The van der Waals surface area contributed by atoms with Crippen molar-refractivity contribution in [2.24, 2.45) is 0 Å². The number of halogens is 1. The van der Waals surface area contributed by atoms with E-state index in [0.29, 0.717) is 24.1 Å². The van der Waals surface area contributed by atoms with E-state index < -0.39 is 0 Å². The number of amides is 1. The lowest BCUT2D eigenvalue weighted by Gasteiger charge is -2.03. The van der Waals surface area contributed by atoms with Crippen molar-refractivity contribution in [3.8, 4) is 0 Å². The Kier molecular flexibility index (Phi) is 3.39. The number of carbonyl (C=O) groups excluding carboxylic acids is 1. The van der Waals surface area contributed by atoms with Crippen LogP contribution in [0.2, 0.25) is 0 Å². The highest BCUT2D eigenvalue weighted by molar-refractivity contribution is 5.94. The summed E-state index contributed by atoms with van der Waals surface area (Å²) in [6, 6.07) is 6.05. The van der Waals surface area contributed by atoms with Gasteiger partial charge in [-0.05, 0) is 31.2 Å². The summed E-state index contributed by atoms with van der Waals surface area (Å²) >= 11 is 0. The summed E-state index contributed by atoms with van der Waals surface area (Å²) < 4.78 is 14.8. The van der Waals surface area contributed by atoms with Gasteiger partial charge in [-0.15, -0.1) is 0 Å². The number of fused-ring (bicyclic) bond motifs is 1. The molecule has 0 unspecified atom stereocenters. The van der Waals surface area contributed by atoms with E-state index in [4.69, 9.17) is 0 Å². The van der Waals surface area contributed by atoms with Crippen molar-refractivity contribution >= 4 is 16.9 Å². The van der Waals surface area contributed by atoms with Gasteiger partial charge in [-0.25, -0.2) is 9.37 Å². The lowest BCUT2D eigenvalue weighted by Crippen LogP contribution is -2.28. The zero-order valence-electron chi connectivity index (χ0n) is 11.4. The standard InChI is InChI=1S/C14H14FN5O/c1-9-4-6-20(19-9)7-5-16-14(21)13-17-11-3-2-10(15)8-12(11)18-13/h2-4,6,8H,5,7H2,1H3,(H,16,21)(H,17,18). The van der Waals surface area contributed by atoms with E-state index in [0.717, 1.165) is 5.69 Å². The van der Waals surface area contributed by atoms with Crippen molar-refractivity contribution in [1.82, 2.24) is 25.1 Å². The first-order valence-electron chi connectivity index (χ1n) is 6.55. The number of hydrogen-bond acceptors (Lipinski definition) is 3. The molecule has 0 aliphatic carbocycles. The minimum atomic E-state index is -0.368. The van der Waals surface area contributed by atoms with Crippen LogP contribution in [-0.2, 0) is 6.54 Å². The number of aromatic nitrogens is 4. The van der Waals surface area contributed by atoms with Gasteiger partial charge in [0, 0.05) is 12.7 Å². The Morgan fingerprint density at radius 1 is 1.43 bits per heavy atom. The van der Waals surface area contributed by atoms with E-state index in [9.17, 15) is 9.18 Å². The molecule has 2 aromatic heterocycles. The number of H-pyrrole nitrogens is 1. The second-order valence-corrected chi connectivity index (χ2v) is 4.72. The molecule has 0 spiro atoms. The molecule has 108 valence electrons. The molecule has 1 amide bonds.